The summed E-state index contributed by atoms with van der Waals surface area (Å²) in [4.78, 5) is 11.8. The molecule has 14 heavy (non-hydrogen) atoms. The Morgan fingerprint density at radius 3 is 2.71 bits per heavy atom. The summed E-state index contributed by atoms with van der Waals surface area (Å²) < 4.78 is 25.5. The van der Waals surface area contributed by atoms with Gasteiger partial charge < -0.3 is 10.6 Å². The SMILES string of the molecule is Cl.N#C[C@@H]1CC(F)(F)CN1C(=O)CN. The van der Waals surface area contributed by atoms with Crippen LogP contribution in [-0.2, 0) is 4.79 Å². The van der Waals surface area contributed by atoms with Gasteiger partial charge in [0.05, 0.1) is 19.2 Å². The summed E-state index contributed by atoms with van der Waals surface area (Å²) in [5, 5.41) is 8.50. The zero-order valence-electron chi connectivity index (χ0n) is 7.24. The van der Waals surface area contributed by atoms with E-state index in [1.807, 2.05) is 0 Å². The lowest BCUT2D eigenvalue weighted by atomic mass is 10.2. The van der Waals surface area contributed by atoms with Crippen LogP contribution in [0.1, 0.15) is 6.42 Å². The summed E-state index contributed by atoms with van der Waals surface area (Å²) in [5.41, 5.74) is 5.01. The second-order valence-corrected chi connectivity index (χ2v) is 2.93. The molecule has 0 aliphatic carbocycles. The summed E-state index contributed by atoms with van der Waals surface area (Å²) in [6.07, 6.45) is -0.588. The lowest BCUT2D eigenvalue weighted by Crippen LogP contribution is -2.39. The van der Waals surface area contributed by atoms with Crippen LogP contribution in [0.4, 0.5) is 8.78 Å². The van der Waals surface area contributed by atoms with Gasteiger partial charge in [-0.3, -0.25) is 4.79 Å². The van der Waals surface area contributed by atoms with Crippen LogP contribution >= 0.6 is 12.4 Å². The number of carbonyl (C=O) groups is 1. The maximum Gasteiger partial charge on any atom is 0.268 e. The van der Waals surface area contributed by atoms with Crippen LogP contribution in [0.2, 0.25) is 0 Å². The summed E-state index contributed by atoms with van der Waals surface area (Å²) in [5.74, 6) is -3.56. The molecule has 0 unspecified atom stereocenters. The van der Waals surface area contributed by atoms with Gasteiger partial charge in [-0.2, -0.15) is 5.26 Å². The van der Waals surface area contributed by atoms with Crippen LogP contribution in [-0.4, -0.2) is 35.9 Å². The smallest absolute Gasteiger partial charge is 0.268 e. The Morgan fingerprint density at radius 1 is 1.71 bits per heavy atom. The molecule has 1 rings (SSSR count). The first-order valence-electron chi connectivity index (χ1n) is 3.77. The maximum atomic E-state index is 12.7. The van der Waals surface area contributed by atoms with Crippen LogP contribution in [0.15, 0.2) is 0 Å². The molecule has 1 heterocycles. The van der Waals surface area contributed by atoms with Crippen molar-refractivity contribution in [2.75, 3.05) is 13.1 Å². The second kappa shape index (κ2) is 4.53. The van der Waals surface area contributed by atoms with E-state index in [0.717, 1.165) is 4.90 Å². The lowest BCUT2D eigenvalue weighted by molar-refractivity contribution is -0.130. The van der Waals surface area contributed by atoms with Gasteiger partial charge in [-0.15, -0.1) is 12.4 Å². The molecule has 7 heteroatoms. The molecule has 0 radical (unpaired) electrons. The minimum Gasteiger partial charge on any atom is -0.322 e. The van der Waals surface area contributed by atoms with E-state index >= 15 is 0 Å². The largest absolute Gasteiger partial charge is 0.322 e. The van der Waals surface area contributed by atoms with E-state index in [0.29, 0.717) is 0 Å². The predicted molar refractivity (Wildman–Crippen MR) is 47.0 cm³/mol. The Bertz CT molecular complexity index is 266. The summed E-state index contributed by atoms with van der Waals surface area (Å²) in [7, 11) is 0. The normalized spacial score (nSPS) is 23.9. The molecule has 80 valence electrons. The zero-order chi connectivity index (χ0) is 10.1. The van der Waals surface area contributed by atoms with Gasteiger partial charge in [-0.05, 0) is 0 Å². The highest BCUT2D eigenvalue weighted by atomic mass is 35.5. The first-order valence-corrected chi connectivity index (χ1v) is 3.77. The lowest BCUT2D eigenvalue weighted by Gasteiger charge is -2.17. The van der Waals surface area contributed by atoms with E-state index in [1.165, 1.54) is 0 Å². The van der Waals surface area contributed by atoms with Crippen LogP contribution < -0.4 is 5.73 Å². The van der Waals surface area contributed by atoms with Crippen molar-refractivity contribution in [2.45, 2.75) is 18.4 Å². The number of nitrogens with two attached hydrogens (primary N) is 1. The van der Waals surface area contributed by atoms with Gasteiger partial charge in [-0.25, -0.2) is 8.78 Å². The standard InChI is InChI=1S/C7H9F2N3O.ClH/c8-7(9)1-5(2-10)12(4-7)6(13)3-11;/h5H,1,3-4,11H2;1H/t5-;/m0./s1. The third-order valence-electron chi connectivity index (χ3n) is 1.91. The maximum absolute atomic E-state index is 12.7. The average Bonchev–Trinajstić information content (AvgIpc) is 2.39. The second-order valence-electron chi connectivity index (χ2n) is 2.93. The highest BCUT2D eigenvalue weighted by Crippen LogP contribution is 2.31. The predicted octanol–water partition coefficient (Wildman–Crippen LogP) is 0.127. The average molecular weight is 226 g/mol. The molecule has 0 aromatic rings. The summed E-state index contributed by atoms with van der Waals surface area (Å²) >= 11 is 0. The van der Waals surface area contributed by atoms with Gasteiger partial charge in [0, 0.05) is 6.42 Å². The van der Waals surface area contributed by atoms with E-state index in [-0.39, 0.29) is 19.0 Å². The highest BCUT2D eigenvalue weighted by molar-refractivity contribution is 5.85. The van der Waals surface area contributed by atoms with E-state index < -0.39 is 30.8 Å². The highest BCUT2D eigenvalue weighted by Gasteiger charge is 2.46. The van der Waals surface area contributed by atoms with Gasteiger partial charge in [-0.1, -0.05) is 0 Å². The molecule has 1 amide bonds. The van der Waals surface area contributed by atoms with Crippen molar-refractivity contribution in [3.63, 3.8) is 0 Å². The molecule has 1 saturated heterocycles. The number of amides is 1. The number of likely N-dealkylation sites (tertiary alicyclic amines) is 1. The minimum atomic E-state index is -2.95. The van der Waals surface area contributed by atoms with Gasteiger partial charge in [0.15, 0.2) is 0 Å². The number of hydrogen-bond donors (Lipinski definition) is 1. The minimum absolute atomic E-state index is 0. The topological polar surface area (TPSA) is 70.1 Å². The van der Waals surface area contributed by atoms with Crippen LogP contribution in [0.3, 0.4) is 0 Å². The molecule has 2 N–H and O–H groups in total. The fraction of sp³-hybridized carbons (Fsp3) is 0.714. The summed E-state index contributed by atoms with van der Waals surface area (Å²) in [6, 6.07) is 0.618. The number of halogens is 3. The Hall–Kier alpha value is -0.930. The fourth-order valence-electron chi connectivity index (χ4n) is 1.31. The van der Waals surface area contributed by atoms with Crippen molar-refractivity contribution < 1.29 is 13.6 Å². The van der Waals surface area contributed by atoms with Crippen molar-refractivity contribution in [3.8, 4) is 6.07 Å². The number of nitriles is 1. The van der Waals surface area contributed by atoms with E-state index in [9.17, 15) is 13.6 Å². The van der Waals surface area contributed by atoms with E-state index in [2.05, 4.69) is 0 Å². The molecular weight excluding hydrogens is 216 g/mol. The van der Waals surface area contributed by atoms with Crippen molar-refractivity contribution in [1.29, 1.82) is 5.26 Å². The molecule has 1 fully saturated rings. The molecule has 0 saturated carbocycles. The van der Waals surface area contributed by atoms with Gasteiger partial charge in [0.1, 0.15) is 6.04 Å². The number of nitrogens with zero attached hydrogens (tertiary/aromatic N) is 2. The molecule has 1 atom stereocenters. The molecule has 0 aromatic heterocycles. The van der Waals surface area contributed by atoms with E-state index in [1.54, 1.807) is 6.07 Å². The Morgan fingerprint density at radius 2 is 2.29 bits per heavy atom. The van der Waals surface area contributed by atoms with E-state index in [4.69, 9.17) is 11.0 Å². The van der Waals surface area contributed by atoms with Crippen molar-refractivity contribution in [2.24, 2.45) is 5.73 Å². The monoisotopic (exact) mass is 225 g/mol. The third kappa shape index (κ3) is 2.53. The molecule has 1 aliphatic rings. The Kier molecular flexibility index (Phi) is 4.23. The van der Waals surface area contributed by atoms with Crippen molar-refractivity contribution in [1.82, 2.24) is 4.90 Å². The molecular formula is C7H10ClF2N3O. The molecule has 4 nitrogen and oxygen atoms in total. The molecule has 1 aliphatic heterocycles. The van der Waals surface area contributed by atoms with Crippen molar-refractivity contribution >= 4 is 18.3 Å². The van der Waals surface area contributed by atoms with Gasteiger partial charge in [0.25, 0.3) is 5.92 Å². The van der Waals surface area contributed by atoms with Crippen LogP contribution in [0.5, 0.6) is 0 Å². The number of alkyl halides is 2. The Balaban J connectivity index is 0.00000169. The number of rotatable bonds is 1. The van der Waals surface area contributed by atoms with Crippen LogP contribution in [0.25, 0.3) is 0 Å². The number of carbonyl (C=O) groups excluding carboxylic acids is 1. The van der Waals surface area contributed by atoms with Crippen LogP contribution in [0, 0.1) is 11.3 Å². The molecule has 0 bridgehead atoms. The third-order valence-corrected chi connectivity index (χ3v) is 1.91. The van der Waals surface area contributed by atoms with Gasteiger partial charge >= 0.3 is 0 Å². The first-order chi connectivity index (χ1) is 6.00. The summed E-state index contributed by atoms with van der Waals surface area (Å²) in [6.45, 7) is -1.03. The van der Waals surface area contributed by atoms with Crippen molar-refractivity contribution in [3.05, 3.63) is 0 Å². The Labute approximate surface area is 86.1 Å². The molecule has 0 aromatic carbocycles. The zero-order valence-corrected chi connectivity index (χ0v) is 8.06. The number of hydrogen-bond acceptors (Lipinski definition) is 3. The van der Waals surface area contributed by atoms with Gasteiger partial charge in [0.2, 0.25) is 5.91 Å². The molecule has 0 spiro atoms. The quantitative estimate of drug-likeness (QED) is 0.690. The fourth-order valence-corrected chi connectivity index (χ4v) is 1.31. The first kappa shape index (κ1) is 13.1.